The van der Waals surface area contributed by atoms with E-state index in [2.05, 4.69) is 15.9 Å². The molecule has 0 bridgehead atoms. The molecule has 0 spiro atoms. The van der Waals surface area contributed by atoms with Crippen molar-refractivity contribution in [3.8, 4) is 17.2 Å². The SMILES string of the molecule is CC(=O)c1cc2c(Br)ccc(OCC(=O)c3ccc4c(c3)OCO4)c2o1. The van der Waals surface area contributed by atoms with Gasteiger partial charge in [0.1, 0.15) is 0 Å². The minimum atomic E-state index is -0.210. The first-order valence-corrected chi connectivity index (χ1v) is 8.61. The Morgan fingerprint density at radius 3 is 2.73 bits per heavy atom. The Labute approximate surface area is 156 Å². The molecule has 2 aromatic carbocycles. The molecule has 0 radical (unpaired) electrons. The summed E-state index contributed by atoms with van der Waals surface area (Å²) in [5.74, 6) is 1.39. The maximum Gasteiger partial charge on any atom is 0.231 e. The van der Waals surface area contributed by atoms with Crippen molar-refractivity contribution >= 4 is 38.5 Å². The first-order chi connectivity index (χ1) is 12.5. The van der Waals surface area contributed by atoms with E-state index in [1.807, 2.05) is 0 Å². The van der Waals surface area contributed by atoms with E-state index in [4.69, 9.17) is 18.6 Å². The molecule has 0 unspecified atom stereocenters. The van der Waals surface area contributed by atoms with Crippen LogP contribution in [0.5, 0.6) is 17.2 Å². The molecule has 7 heteroatoms. The summed E-state index contributed by atoms with van der Waals surface area (Å²) < 4.78 is 22.5. The predicted molar refractivity (Wildman–Crippen MR) is 96.3 cm³/mol. The van der Waals surface area contributed by atoms with E-state index in [-0.39, 0.29) is 30.7 Å². The highest BCUT2D eigenvalue weighted by molar-refractivity contribution is 9.10. The van der Waals surface area contributed by atoms with Crippen molar-refractivity contribution in [2.45, 2.75) is 6.92 Å². The van der Waals surface area contributed by atoms with Gasteiger partial charge in [-0.1, -0.05) is 15.9 Å². The van der Waals surface area contributed by atoms with Gasteiger partial charge in [0.05, 0.1) is 0 Å². The average molecular weight is 417 g/mol. The minimum absolute atomic E-state index is 0.150. The van der Waals surface area contributed by atoms with Crippen molar-refractivity contribution in [1.82, 2.24) is 0 Å². The first-order valence-electron chi connectivity index (χ1n) is 7.81. The number of benzene rings is 2. The van der Waals surface area contributed by atoms with Gasteiger partial charge >= 0.3 is 0 Å². The first kappa shape index (κ1) is 16.7. The maximum atomic E-state index is 12.4. The molecule has 132 valence electrons. The number of carbonyl (C=O) groups excluding carboxylic acids is 2. The van der Waals surface area contributed by atoms with Gasteiger partial charge in [0.25, 0.3) is 0 Å². The molecule has 4 rings (SSSR count). The van der Waals surface area contributed by atoms with E-state index in [1.165, 1.54) is 6.92 Å². The number of halogens is 1. The summed E-state index contributed by atoms with van der Waals surface area (Å²) in [6.07, 6.45) is 0. The van der Waals surface area contributed by atoms with Crippen molar-refractivity contribution in [2.24, 2.45) is 0 Å². The van der Waals surface area contributed by atoms with Gasteiger partial charge in [-0.05, 0) is 36.4 Å². The van der Waals surface area contributed by atoms with E-state index < -0.39 is 0 Å². The maximum absolute atomic E-state index is 12.4. The van der Waals surface area contributed by atoms with Crippen LogP contribution in [0.1, 0.15) is 27.8 Å². The number of fused-ring (bicyclic) bond motifs is 2. The Kier molecular flexibility index (Phi) is 4.16. The molecule has 1 aromatic heterocycles. The van der Waals surface area contributed by atoms with Crippen molar-refractivity contribution in [2.75, 3.05) is 13.4 Å². The van der Waals surface area contributed by atoms with E-state index in [1.54, 1.807) is 36.4 Å². The largest absolute Gasteiger partial charge is 0.482 e. The van der Waals surface area contributed by atoms with Crippen molar-refractivity contribution in [1.29, 1.82) is 0 Å². The number of ether oxygens (including phenoxy) is 3. The molecule has 26 heavy (non-hydrogen) atoms. The zero-order valence-electron chi connectivity index (χ0n) is 13.7. The van der Waals surface area contributed by atoms with Crippen LogP contribution in [0, 0.1) is 0 Å². The molecule has 0 fully saturated rings. The molecule has 0 saturated carbocycles. The van der Waals surface area contributed by atoms with Gasteiger partial charge in [0.15, 0.2) is 46.8 Å². The second kappa shape index (κ2) is 6.49. The third-order valence-corrected chi connectivity index (χ3v) is 4.69. The summed E-state index contributed by atoms with van der Waals surface area (Å²) in [5.41, 5.74) is 0.884. The molecule has 2 heterocycles. The Bertz CT molecular complexity index is 1040. The smallest absolute Gasteiger partial charge is 0.231 e. The lowest BCUT2D eigenvalue weighted by molar-refractivity contribution is 0.0919. The highest BCUT2D eigenvalue weighted by atomic mass is 79.9. The van der Waals surface area contributed by atoms with E-state index >= 15 is 0 Å². The highest BCUT2D eigenvalue weighted by Crippen LogP contribution is 2.35. The number of Topliss-reactive ketones (excluding diaryl/α,β-unsaturated/α-hetero) is 2. The van der Waals surface area contributed by atoms with E-state index in [0.717, 1.165) is 4.47 Å². The topological polar surface area (TPSA) is 75.0 Å². The minimum Gasteiger partial charge on any atom is -0.482 e. The molecule has 1 aliphatic heterocycles. The Morgan fingerprint density at radius 2 is 1.92 bits per heavy atom. The average Bonchev–Trinajstić information content (AvgIpc) is 3.27. The summed E-state index contributed by atoms with van der Waals surface area (Å²) in [5, 5.41) is 0.711. The summed E-state index contributed by atoms with van der Waals surface area (Å²) in [4.78, 5) is 24.0. The van der Waals surface area contributed by atoms with E-state index in [9.17, 15) is 9.59 Å². The molecule has 1 aliphatic rings. The molecule has 3 aromatic rings. The number of rotatable bonds is 5. The second-order valence-electron chi connectivity index (χ2n) is 5.74. The predicted octanol–water partition coefficient (Wildman–Crippen LogP) is 4.39. The molecule has 0 amide bonds. The Balaban J connectivity index is 1.57. The summed E-state index contributed by atoms with van der Waals surface area (Å²) in [7, 11) is 0. The van der Waals surface area contributed by atoms with Gasteiger partial charge in [-0.15, -0.1) is 0 Å². The number of ketones is 2. The quantitative estimate of drug-likeness (QED) is 0.574. The fourth-order valence-electron chi connectivity index (χ4n) is 2.65. The lowest BCUT2D eigenvalue weighted by Crippen LogP contribution is -2.11. The van der Waals surface area contributed by atoms with Crippen LogP contribution in [-0.2, 0) is 0 Å². The summed E-state index contributed by atoms with van der Waals surface area (Å²) >= 11 is 3.42. The van der Waals surface area contributed by atoms with Crippen LogP contribution in [0.4, 0.5) is 0 Å². The summed E-state index contributed by atoms with van der Waals surface area (Å²) in [6.45, 7) is 1.40. The standard InChI is InChI=1S/C19H13BrO6/c1-10(21)17-7-12-13(20)3-5-16(19(12)26-17)23-8-14(22)11-2-4-15-18(6-11)25-9-24-15/h2-7H,8-9H2,1H3. The number of furan rings is 1. The van der Waals surface area contributed by atoms with Gasteiger partial charge in [-0.2, -0.15) is 0 Å². The Hall–Kier alpha value is -2.80. The van der Waals surface area contributed by atoms with E-state index in [0.29, 0.717) is 33.8 Å². The Morgan fingerprint density at radius 1 is 1.12 bits per heavy atom. The van der Waals surface area contributed by atoms with Crippen molar-refractivity contribution in [3.63, 3.8) is 0 Å². The van der Waals surface area contributed by atoms with Gasteiger partial charge in [-0.3, -0.25) is 9.59 Å². The summed E-state index contributed by atoms with van der Waals surface area (Å²) in [6, 6.07) is 10.1. The van der Waals surface area contributed by atoms with Gasteiger partial charge in [0.2, 0.25) is 6.79 Å². The van der Waals surface area contributed by atoms with Crippen LogP contribution in [0.2, 0.25) is 0 Å². The van der Waals surface area contributed by atoms with Crippen LogP contribution in [0.15, 0.2) is 45.3 Å². The van der Waals surface area contributed by atoms with Gasteiger partial charge in [-0.25, -0.2) is 0 Å². The molecule has 0 atom stereocenters. The van der Waals surface area contributed by atoms with Crippen LogP contribution in [0.25, 0.3) is 11.0 Å². The number of hydrogen-bond donors (Lipinski definition) is 0. The molecule has 0 aliphatic carbocycles. The van der Waals surface area contributed by atoms with Crippen LogP contribution < -0.4 is 14.2 Å². The zero-order chi connectivity index (χ0) is 18.3. The third kappa shape index (κ3) is 2.94. The second-order valence-corrected chi connectivity index (χ2v) is 6.59. The fourth-order valence-corrected chi connectivity index (χ4v) is 3.08. The lowest BCUT2D eigenvalue weighted by Gasteiger charge is -2.07. The zero-order valence-corrected chi connectivity index (χ0v) is 15.3. The number of carbonyl (C=O) groups is 2. The van der Waals surface area contributed by atoms with Crippen LogP contribution in [-0.4, -0.2) is 25.0 Å². The molecular weight excluding hydrogens is 404 g/mol. The van der Waals surface area contributed by atoms with Crippen LogP contribution in [0.3, 0.4) is 0 Å². The highest BCUT2D eigenvalue weighted by Gasteiger charge is 2.18. The third-order valence-electron chi connectivity index (χ3n) is 3.99. The normalized spacial score (nSPS) is 12.4. The van der Waals surface area contributed by atoms with Crippen molar-refractivity contribution in [3.05, 3.63) is 52.2 Å². The molecule has 6 nitrogen and oxygen atoms in total. The van der Waals surface area contributed by atoms with Crippen LogP contribution >= 0.6 is 15.9 Å². The molecule has 0 N–H and O–H groups in total. The lowest BCUT2D eigenvalue weighted by atomic mass is 10.1. The van der Waals surface area contributed by atoms with Crippen molar-refractivity contribution < 1.29 is 28.2 Å². The molecular formula is C19H13BrO6. The van der Waals surface area contributed by atoms with Gasteiger partial charge in [0, 0.05) is 22.3 Å². The molecule has 0 saturated heterocycles. The fraction of sp³-hybridized carbons (Fsp3) is 0.158. The number of hydrogen-bond acceptors (Lipinski definition) is 6. The monoisotopic (exact) mass is 416 g/mol. The van der Waals surface area contributed by atoms with Gasteiger partial charge < -0.3 is 18.6 Å².